The molecule has 0 unspecified atom stereocenters. The molecule has 2 bridgehead atoms. The van der Waals surface area contributed by atoms with E-state index in [1.807, 2.05) is 17.8 Å². The van der Waals surface area contributed by atoms with E-state index in [4.69, 9.17) is 11.6 Å². The molecule has 2 saturated heterocycles. The van der Waals surface area contributed by atoms with Crippen molar-refractivity contribution in [1.82, 2.24) is 4.90 Å². The largest absolute Gasteiger partial charge is 0.393 e. The second-order valence-electron chi connectivity index (χ2n) is 7.94. The molecule has 27 heavy (non-hydrogen) atoms. The lowest BCUT2D eigenvalue weighted by molar-refractivity contribution is 0.0353. The van der Waals surface area contributed by atoms with Gasteiger partial charge in [0.15, 0.2) is 0 Å². The van der Waals surface area contributed by atoms with E-state index in [9.17, 15) is 5.11 Å². The Hall–Kier alpha value is -1.20. The average molecular weight is 401 g/mol. The van der Waals surface area contributed by atoms with E-state index in [0.717, 1.165) is 37.4 Å². The lowest BCUT2D eigenvalue weighted by Crippen LogP contribution is -2.45. The van der Waals surface area contributed by atoms with Gasteiger partial charge in [0.1, 0.15) is 0 Å². The van der Waals surface area contributed by atoms with Crippen LogP contribution < -0.4 is 4.90 Å². The molecule has 1 N–H and O–H groups in total. The Labute approximate surface area is 170 Å². The smallest absolute Gasteiger partial charge is 0.0570 e. The van der Waals surface area contributed by atoms with Gasteiger partial charge in [-0.3, -0.25) is 4.90 Å². The van der Waals surface area contributed by atoms with Crippen LogP contribution in [0.2, 0.25) is 5.02 Å². The fraction of sp³-hybridized carbons (Fsp3) is 0.455. The third-order valence-corrected chi connectivity index (χ3v) is 7.61. The summed E-state index contributed by atoms with van der Waals surface area (Å²) in [6.07, 6.45) is 5.45. The molecule has 5 heteroatoms. The van der Waals surface area contributed by atoms with Gasteiger partial charge in [-0.2, -0.15) is 0 Å². The van der Waals surface area contributed by atoms with Gasteiger partial charge in [-0.05, 0) is 62.4 Å². The normalized spacial score (nSPS) is 26.7. The fourth-order valence-electron chi connectivity index (χ4n) is 5.07. The highest BCUT2D eigenvalue weighted by molar-refractivity contribution is 7.99. The zero-order valence-corrected chi connectivity index (χ0v) is 16.9. The maximum Gasteiger partial charge on any atom is 0.0570 e. The van der Waals surface area contributed by atoms with Crippen LogP contribution in [0.3, 0.4) is 0 Å². The van der Waals surface area contributed by atoms with Crippen molar-refractivity contribution in [1.29, 1.82) is 0 Å². The molecule has 3 aliphatic rings. The molecule has 0 radical (unpaired) electrons. The average Bonchev–Trinajstić information content (AvgIpc) is 2.91. The lowest BCUT2D eigenvalue weighted by atomic mass is 10.00. The minimum atomic E-state index is -0.0845. The van der Waals surface area contributed by atoms with Gasteiger partial charge in [0.2, 0.25) is 0 Å². The van der Waals surface area contributed by atoms with E-state index in [1.54, 1.807) is 0 Å². The minimum absolute atomic E-state index is 0.0845. The first-order valence-corrected chi connectivity index (χ1v) is 11.2. The molecule has 3 nitrogen and oxygen atoms in total. The molecule has 5 rings (SSSR count). The van der Waals surface area contributed by atoms with Crippen molar-refractivity contribution in [3.05, 3.63) is 47.5 Å². The Balaban J connectivity index is 1.34. The fourth-order valence-corrected chi connectivity index (χ4v) is 6.31. The van der Waals surface area contributed by atoms with Gasteiger partial charge in [-0.1, -0.05) is 35.5 Å². The molecule has 2 aromatic carbocycles. The predicted molar refractivity (Wildman–Crippen MR) is 112 cm³/mol. The maximum atomic E-state index is 10.0. The molecule has 0 spiro atoms. The van der Waals surface area contributed by atoms with E-state index in [2.05, 4.69) is 46.2 Å². The summed E-state index contributed by atoms with van der Waals surface area (Å²) in [5, 5.41) is 10.8. The second-order valence-corrected chi connectivity index (χ2v) is 9.46. The molecule has 142 valence electrons. The molecule has 0 amide bonds. The monoisotopic (exact) mass is 400 g/mol. The Morgan fingerprint density at radius 3 is 2.52 bits per heavy atom. The van der Waals surface area contributed by atoms with E-state index < -0.39 is 0 Å². The first kappa shape index (κ1) is 17.9. The number of anilines is 2. The molecule has 0 aromatic heterocycles. The topological polar surface area (TPSA) is 26.7 Å². The molecule has 0 saturated carbocycles. The van der Waals surface area contributed by atoms with Crippen molar-refractivity contribution in [2.24, 2.45) is 0 Å². The standard InChI is InChI=1S/C22H25ClN2OS/c23-15-6-9-22-20(12-15)25(19-4-1-2-5-21(19)27-22)11-3-10-24-16-7-8-17(24)14-18(26)13-16/h1-2,4-6,9,12,16-18,26H,3,7-8,10-11,13-14H2/t16-,17-/m0/s1. The van der Waals surface area contributed by atoms with Crippen LogP contribution in [-0.4, -0.2) is 41.3 Å². The van der Waals surface area contributed by atoms with Crippen molar-refractivity contribution in [2.45, 2.75) is 60.1 Å². The van der Waals surface area contributed by atoms with Gasteiger partial charge in [0.05, 0.1) is 17.5 Å². The van der Waals surface area contributed by atoms with Crippen LogP contribution in [0.1, 0.15) is 32.1 Å². The predicted octanol–water partition coefficient (Wildman–Crippen LogP) is 5.32. The number of piperidine rings is 1. The van der Waals surface area contributed by atoms with Gasteiger partial charge in [-0.25, -0.2) is 0 Å². The van der Waals surface area contributed by atoms with Crippen LogP contribution in [0.4, 0.5) is 11.4 Å². The van der Waals surface area contributed by atoms with E-state index in [1.165, 1.54) is 34.0 Å². The number of nitrogens with zero attached hydrogens (tertiary/aromatic N) is 2. The Morgan fingerprint density at radius 2 is 1.70 bits per heavy atom. The number of hydrogen-bond donors (Lipinski definition) is 1. The third-order valence-electron chi connectivity index (χ3n) is 6.25. The second kappa shape index (κ2) is 7.32. The summed E-state index contributed by atoms with van der Waals surface area (Å²) in [6, 6.07) is 16.0. The molecule has 3 aliphatic heterocycles. The highest BCUT2D eigenvalue weighted by Gasteiger charge is 2.39. The Bertz CT molecular complexity index is 831. The van der Waals surface area contributed by atoms with Gasteiger partial charge in [0, 0.05) is 40.0 Å². The lowest BCUT2D eigenvalue weighted by Gasteiger charge is -2.38. The first-order valence-electron chi connectivity index (χ1n) is 9.97. The van der Waals surface area contributed by atoms with Crippen molar-refractivity contribution in [2.75, 3.05) is 18.0 Å². The van der Waals surface area contributed by atoms with E-state index in [0.29, 0.717) is 12.1 Å². The molecule has 3 heterocycles. The van der Waals surface area contributed by atoms with Crippen LogP contribution in [0.25, 0.3) is 0 Å². The third kappa shape index (κ3) is 3.38. The number of halogens is 1. The van der Waals surface area contributed by atoms with Crippen LogP contribution in [0.15, 0.2) is 52.3 Å². The number of hydrogen-bond acceptors (Lipinski definition) is 4. The molecular weight excluding hydrogens is 376 g/mol. The number of aliphatic hydroxyl groups is 1. The van der Waals surface area contributed by atoms with Crippen molar-refractivity contribution in [3.63, 3.8) is 0 Å². The maximum absolute atomic E-state index is 10.0. The highest BCUT2D eigenvalue weighted by Crippen LogP contribution is 2.48. The zero-order chi connectivity index (χ0) is 18.4. The number of para-hydroxylation sites is 1. The van der Waals surface area contributed by atoms with Gasteiger partial charge < -0.3 is 10.0 Å². The van der Waals surface area contributed by atoms with Crippen molar-refractivity contribution >= 4 is 34.7 Å². The van der Waals surface area contributed by atoms with Crippen LogP contribution in [0.5, 0.6) is 0 Å². The number of aliphatic hydroxyl groups excluding tert-OH is 1. The summed E-state index contributed by atoms with van der Waals surface area (Å²) in [6.45, 7) is 2.10. The van der Waals surface area contributed by atoms with Crippen LogP contribution in [0, 0.1) is 0 Å². The molecule has 0 aliphatic carbocycles. The molecule has 2 aromatic rings. The molecule has 2 atom stereocenters. The van der Waals surface area contributed by atoms with E-state index >= 15 is 0 Å². The summed E-state index contributed by atoms with van der Waals surface area (Å²) in [4.78, 5) is 7.69. The zero-order valence-electron chi connectivity index (χ0n) is 15.4. The summed E-state index contributed by atoms with van der Waals surface area (Å²) < 4.78 is 0. The van der Waals surface area contributed by atoms with Gasteiger partial charge >= 0.3 is 0 Å². The highest BCUT2D eigenvalue weighted by atomic mass is 35.5. The van der Waals surface area contributed by atoms with Crippen molar-refractivity contribution in [3.8, 4) is 0 Å². The summed E-state index contributed by atoms with van der Waals surface area (Å²) in [5.74, 6) is 0. The number of rotatable bonds is 4. The summed E-state index contributed by atoms with van der Waals surface area (Å²) in [5.41, 5.74) is 2.51. The number of fused-ring (bicyclic) bond motifs is 4. The Kier molecular flexibility index (Phi) is 4.85. The van der Waals surface area contributed by atoms with Gasteiger partial charge in [-0.15, -0.1) is 0 Å². The summed E-state index contributed by atoms with van der Waals surface area (Å²) >= 11 is 8.15. The first-order chi connectivity index (χ1) is 13.2. The van der Waals surface area contributed by atoms with Crippen LogP contribution in [-0.2, 0) is 0 Å². The van der Waals surface area contributed by atoms with Crippen LogP contribution >= 0.6 is 23.4 Å². The SMILES string of the molecule is OC1C[C@@H]2CC[C@@H](C1)N2CCCN1c2ccccc2Sc2ccc(Cl)cc21. The van der Waals surface area contributed by atoms with Crippen molar-refractivity contribution < 1.29 is 5.11 Å². The minimum Gasteiger partial charge on any atom is -0.393 e. The molecule has 2 fully saturated rings. The van der Waals surface area contributed by atoms with Gasteiger partial charge in [0.25, 0.3) is 0 Å². The summed E-state index contributed by atoms with van der Waals surface area (Å²) in [7, 11) is 0. The Morgan fingerprint density at radius 1 is 0.963 bits per heavy atom. The number of benzene rings is 2. The quantitative estimate of drug-likeness (QED) is 0.751. The van der Waals surface area contributed by atoms with E-state index in [-0.39, 0.29) is 6.10 Å². The molecular formula is C22H25ClN2OS.